The van der Waals surface area contributed by atoms with Gasteiger partial charge < -0.3 is 19.9 Å². The highest BCUT2D eigenvalue weighted by molar-refractivity contribution is 7.17. The Hall–Kier alpha value is -2.26. The molecule has 2 aromatic heterocycles. The Balaban J connectivity index is 1.65. The van der Waals surface area contributed by atoms with Crippen LogP contribution in [0.3, 0.4) is 0 Å². The van der Waals surface area contributed by atoms with Gasteiger partial charge in [0, 0.05) is 32.2 Å². The second kappa shape index (κ2) is 8.21. The molecule has 0 radical (unpaired) electrons. The van der Waals surface area contributed by atoms with Crippen molar-refractivity contribution < 1.29 is 9.53 Å². The Bertz CT molecular complexity index is 714. The fourth-order valence-corrected chi connectivity index (χ4v) is 3.34. The quantitative estimate of drug-likeness (QED) is 0.781. The molecule has 1 fully saturated rings. The van der Waals surface area contributed by atoms with E-state index >= 15 is 0 Å². The zero-order valence-corrected chi connectivity index (χ0v) is 15.3. The minimum atomic E-state index is -0.356. The van der Waals surface area contributed by atoms with Crippen LogP contribution in [0.1, 0.15) is 23.5 Å². The van der Waals surface area contributed by atoms with Crippen LogP contribution in [0.2, 0.25) is 0 Å². The number of hydrogen-bond donors (Lipinski definition) is 1. The average Bonchev–Trinajstić information content (AvgIpc) is 3.11. The molecule has 0 amide bonds. The maximum absolute atomic E-state index is 11.7. The summed E-state index contributed by atoms with van der Waals surface area (Å²) in [6.07, 6.45) is 3.06. The molecule has 0 saturated carbocycles. The molecule has 0 aromatic carbocycles. The fourth-order valence-electron chi connectivity index (χ4n) is 2.62. The van der Waals surface area contributed by atoms with Crippen LogP contribution in [0, 0.1) is 0 Å². The summed E-state index contributed by atoms with van der Waals surface area (Å²) in [4.78, 5) is 29.7. The highest BCUT2D eigenvalue weighted by Crippen LogP contribution is 2.24. The minimum Gasteiger partial charge on any atom is -0.462 e. The lowest BCUT2D eigenvalue weighted by Gasteiger charge is -2.34. The normalized spacial score (nSPS) is 15.2. The van der Waals surface area contributed by atoms with Crippen molar-refractivity contribution in [3.8, 4) is 0 Å². The molecule has 3 heterocycles. The van der Waals surface area contributed by atoms with E-state index < -0.39 is 0 Å². The summed E-state index contributed by atoms with van der Waals surface area (Å²) in [7, 11) is 0. The third-order valence-corrected chi connectivity index (χ3v) is 4.91. The van der Waals surface area contributed by atoms with E-state index in [0.29, 0.717) is 22.4 Å². The minimum absolute atomic E-state index is 0.347. The van der Waals surface area contributed by atoms with E-state index in [1.54, 1.807) is 13.3 Å². The van der Waals surface area contributed by atoms with Gasteiger partial charge in [0.2, 0.25) is 0 Å². The Kier molecular flexibility index (Phi) is 5.77. The summed E-state index contributed by atoms with van der Waals surface area (Å²) in [5.74, 6) is 1.20. The number of ether oxygens (including phenoxy) is 1. The van der Waals surface area contributed by atoms with Crippen molar-refractivity contribution in [3.05, 3.63) is 23.5 Å². The highest BCUT2D eigenvalue weighted by atomic mass is 32.1. The van der Waals surface area contributed by atoms with E-state index in [2.05, 4.69) is 37.0 Å². The fraction of sp³-hybridized carbons (Fsp3) is 0.500. The van der Waals surface area contributed by atoms with Crippen LogP contribution in [0.25, 0.3) is 0 Å². The third kappa shape index (κ3) is 4.43. The van der Waals surface area contributed by atoms with Crippen molar-refractivity contribution in [2.75, 3.05) is 49.5 Å². The largest absolute Gasteiger partial charge is 0.462 e. The van der Waals surface area contributed by atoms with Crippen LogP contribution >= 0.6 is 11.3 Å². The first-order valence-corrected chi connectivity index (χ1v) is 9.20. The first-order chi connectivity index (χ1) is 12.2. The summed E-state index contributed by atoms with van der Waals surface area (Å²) in [5, 5.41) is 3.73. The number of thiazole rings is 1. The molecule has 0 aliphatic carbocycles. The van der Waals surface area contributed by atoms with Gasteiger partial charge in [0.15, 0.2) is 5.13 Å². The number of rotatable bonds is 6. The number of likely N-dealkylation sites (N-methyl/N-ethyl adjacent to an activating group) is 1. The van der Waals surface area contributed by atoms with Crippen molar-refractivity contribution in [1.82, 2.24) is 19.9 Å². The lowest BCUT2D eigenvalue weighted by molar-refractivity contribution is 0.0532. The monoisotopic (exact) mass is 362 g/mol. The lowest BCUT2D eigenvalue weighted by atomic mass is 10.3. The number of piperazine rings is 1. The zero-order valence-electron chi connectivity index (χ0n) is 14.4. The Morgan fingerprint density at radius 2 is 2.04 bits per heavy atom. The zero-order chi connectivity index (χ0) is 17.6. The van der Waals surface area contributed by atoms with Crippen LogP contribution in [0.5, 0.6) is 0 Å². The van der Waals surface area contributed by atoms with Gasteiger partial charge in [0.05, 0.1) is 12.8 Å². The second-order valence-corrected chi connectivity index (χ2v) is 6.59. The van der Waals surface area contributed by atoms with Gasteiger partial charge in [-0.15, -0.1) is 0 Å². The van der Waals surface area contributed by atoms with Crippen LogP contribution in [0.15, 0.2) is 18.6 Å². The number of esters is 1. The summed E-state index contributed by atoms with van der Waals surface area (Å²) in [6.45, 7) is 9.37. The Morgan fingerprint density at radius 1 is 1.24 bits per heavy atom. The van der Waals surface area contributed by atoms with Gasteiger partial charge in [-0.1, -0.05) is 18.3 Å². The van der Waals surface area contributed by atoms with E-state index in [4.69, 9.17) is 4.74 Å². The van der Waals surface area contributed by atoms with Crippen molar-refractivity contribution in [2.24, 2.45) is 0 Å². The topological polar surface area (TPSA) is 83.5 Å². The molecule has 8 nitrogen and oxygen atoms in total. The van der Waals surface area contributed by atoms with Crippen molar-refractivity contribution in [3.63, 3.8) is 0 Å². The summed E-state index contributed by atoms with van der Waals surface area (Å²) in [5.41, 5.74) is 0. The standard InChI is InChI=1S/C16H22N6O2S/c1-3-21-5-7-22(8-6-21)14-9-13(18-11-19-14)20-16-17-10-12(25-16)15(23)24-4-2/h9-11H,3-8H2,1-2H3,(H,17,18,19,20). The molecule has 1 aliphatic rings. The molecule has 9 heteroatoms. The Morgan fingerprint density at radius 3 is 2.76 bits per heavy atom. The molecule has 2 aromatic rings. The van der Waals surface area contributed by atoms with Crippen molar-refractivity contribution in [2.45, 2.75) is 13.8 Å². The van der Waals surface area contributed by atoms with Crippen LogP contribution in [-0.2, 0) is 4.74 Å². The van der Waals surface area contributed by atoms with Gasteiger partial charge in [-0.2, -0.15) is 0 Å². The van der Waals surface area contributed by atoms with Crippen molar-refractivity contribution >= 4 is 34.1 Å². The average molecular weight is 362 g/mol. The number of aromatic nitrogens is 3. The number of anilines is 3. The summed E-state index contributed by atoms with van der Waals surface area (Å²) >= 11 is 1.24. The van der Waals surface area contributed by atoms with Gasteiger partial charge in [-0.25, -0.2) is 19.7 Å². The smallest absolute Gasteiger partial charge is 0.350 e. The number of carbonyl (C=O) groups is 1. The molecular formula is C16H22N6O2S. The van der Waals surface area contributed by atoms with Crippen LogP contribution < -0.4 is 10.2 Å². The predicted octanol–water partition coefficient (Wildman–Crippen LogP) is 2.00. The number of nitrogens with one attached hydrogen (secondary N) is 1. The predicted molar refractivity (Wildman–Crippen MR) is 97.7 cm³/mol. The first kappa shape index (κ1) is 17.6. The molecule has 1 aliphatic heterocycles. The van der Waals surface area contributed by atoms with E-state index in [9.17, 15) is 4.79 Å². The number of hydrogen-bond acceptors (Lipinski definition) is 9. The van der Waals surface area contributed by atoms with E-state index in [1.165, 1.54) is 17.5 Å². The molecule has 0 unspecified atom stereocenters. The number of nitrogens with zero attached hydrogens (tertiary/aromatic N) is 5. The van der Waals surface area contributed by atoms with Crippen molar-refractivity contribution in [1.29, 1.82) is 0 Å². The van der Waals surface area contributed by atoms with Gasteiger partial charge in [-0.3, -0.25) is 0 Å². The molecular weight excluding hydrogens is 340 g/mol. The van der Waals surface area contributed by atoms with E-state index in [-0.39, 0.29) is 5.97 Å². The van der Waals surface area contributed by atoms with Gasteiger partial charge >= 0.3 is 5.97 Å². The van der Waals surface area contributed by atoms with Crippen LogP contribution in [0.4, 0.5) is 16.8 Å². The first-order valence-electron chi connectivity index (χ1n) is 8.39. The Labute approximate surface area is 150 Å². The molecule has 1 saturated heterocycles. The SMILES string of the molecule is CCOC(=O)c1cnc(Nc2cc(N3CCN(CC)CC3)ncn2)s1. The maximum atomic E-state index is 11.7. The third-order valence-electron chi connectivity index (χ3n) is 4.01. The molecule has 1 N–H and O–H groups in total. The van der Waals surface area contributed by atoms with Gasteiger partial charge in [-0.05, 0) is 13.5 Å². The summed E-state index contributed by atoms with van der Waals surface area (Å²) in [6, 6.07) is 1.91. The second-order valence-electron chi connectivity index (χ2n) is 5.56. The van der Waals surface area contributed by atoms with E-state index in [0.717, 1.165) is 38.5 Å². The molecule has 0 atom stereocenters. The van der Waals surface area contributed by atoms with Gasteiger partial charge in [0.25, 0.3) is 0 Å². The van der Waals surface area contributed by atoms with Crippen LogP contribution in [-0.4, -0.2) is 65.2 Å². The molecule has 0 bridgehead atoms. The molecule has 3 rings (SSSR count). The van der Waals surface area contributed by atoms with E-state index in [1.807, 2.05) is 6.07 Å². The molecule has 25 heavy (non-hydrogen) atoms. The maximum Gasteiger partial charge on any atom is 0.350 e. The highest BCUT2D eigenvalue weighted by Gasteiger charge is 2.17. The lowest BCUT2D eigenvalue weighted by Crippen LogP contribution is -2.46. The molecule has 0 spiro atoms. The molecule has 134 valence electrons. The summed E-state index contributed by atoms with van der Waals surface area (Å²) < 4.78 is 4.98. The number of carbonyl (C=O) groups excluding carboxylic acids is 1. The van der Waals surface area contributed by atoms with Gasteiger partial charge in [0.1, 0.15) is 22.8 Å².